The number of nitrogens with zero attached hydrogens (tertiary/aromatic N) is 1. The molecule has 0 heterocycles. The number of benzene rings is 2. The fourth-order valence-corrected chi connectivity index (χ4v) is 1.94. The van der Waals surface area contributed by atoms with Gasteiger partial charge in [0, 0.05) is 31.2 Å². The van der Waals surface area contributed by atoms with Crippen molar-refractivity contribution in [2.24, 2.45) is 0 Å². The van der Waals surface area contributed by atoms with Gasteiger partial charge in [-0.15, -0.1) is 0 Å². The Morgan fingerprint density at radius 1 is 1.15 bits per heavy atom. The lowest BCUT2D eigenvalue weighted by atomic mass is 10.1. The SMILES string of the molecule is CN(C)c1cccc(NC(=O)Cc2ccccc2N)c1. The van der Waals surface area contributed by atoms with E-state index in [0.29, 0.717) is 5.69 Å². The Labute approximate surface area is 119 Å². The zero-order valence-electron chi connectivity index (χ0n) is 11.8. The molecule has 4 heteroatoms. The summed E-state index contributed by atoms with van der Waals surface area (Å²) in [7, 11) is 3.93. The molecule has 0 aromatic heterocycles. The van der Waals surface area contributed by atoms with E-state index in [1.807, 2.05) is 61.5 Å². The maximum atomic E-state index is 12.0. The fourth-order valence-electron chi connectivity index (χ4n) is 1.94. The van der Waals surface area contributed by atoms with Crippen molar-refractivity contribution in [2.45, 2.75) is 6.42 Å². The lowest BCUT2D eigenvalue weighted by molar-refractivity contribution is -0.115. The Hall–Kier alpha value is -2.49. The number of para-hydroxylation sites is 1. The van der Waals surface area contributed by atoms with Gasteiger partial charge in [-0.1, -0.05) is 24.3 Å². The Morgan fingerprint density at radius 2 is 1.90 bits per heavy atom. The summed E-state index contributed by atoms with van der Waals surface area (Å²) in [4.78, 5) is 14.0. The topological polar surface area (TPSA) is 58.4 Å². The Kier molecular flexibility index (Phi) is 4.25. The van der Waals surface area contributed by atoms with Gasteiger partial charge >= 0.3 is 0 Å². The minimum absolute atomic E-state index is 0.0705. The van der Waals surface area contributed by atoms with Gasteiger partial charge in [-0.25, -0.2) is 0 Å². The summed E-state index contributed by atoms with van der Waals surface area (Å²) in [6.07, 6.45) is 0.277. The average molecular weight is 269 g/mol. The number of nitrogens with two attached hydrogens (primary N) is 1. The van der Waals surface area contributed by atoms with Gasteiger partial charge in [0.2, 0.25) is 5.91 Å². The molecule has 0 aliphatic heterocycles. The van der Waals surface area contributed by atoms with E-state index in [9.17, 15) is 4.79 Å². The molecule has 2 aromatic rings. The monoisotopic (exact) mass is 269 g/mol. The zero-order valence-corrected chi connectivity index (χ0v) is 11.8. The normalized spacial score (nSPS) is 10.1. The molecule has 20 heavy (non-hydrogen) atoms. The molecule has 3 N–H and O–H groups in total. The number of rotatable bonds is 4. The summed E-state index contributed by atoms with van der Waals surface area (Å²) in [6.45, 7) is 0. The summed E-state index contributed by atoms with van der Waals surface area (Å²) >= 11 is 0. The summed E-state index contributed by atoms with van der Waals surface area (Å²) < 4.78 is 0. The number of anilines is 3. The molecular weight excluding hydrogens is 250 g/mol. The van der Waals surface area contributed by atoms with Gasteiger partial charge in [-0.05, 0) is 29.8 Å². The molecule has 0 saturated heterocycles. The number of carbonyl (C=O) groups is 1. The molecule has 0 aliphatic rings. The molecule has 0 spiro atoms. The summed E-state index contributed by atoms with van der Waals surface area (Å²) in [5.74, 6) is -0.0705. The largest absolute Gasteiger partial charge is 0.398 e. The van der Waals surface area contributed by atoms with Crippen molar-refractivity contribution in [3.05, 3.63) is 54.1 Å². The molecule has 1 amide bonds. The molecule has 0 unspecified atom stereocenters. The number of nitrogens with one attached hydrogen (secondary N) is 1. The lowest BCUT2D eigenvalue weighted by Crippen LogP contribution is -2.16. The van der Waals surface area contributed by atoms with Gasteiger partial charge in [0.1, 0.15) is 0 Å². The van der Waals surface area contributed by atoms with Gasteiger partial charge in [0.25, 0.3) is 0 Å². The molecule has 0 saturated carbocycles. The second-order valence-corrected chi connectivity index (χ2v) is 4.87. The lowest BCUT2D eigenvalue weighted by Gasteiger charge is -2.14. The van der Waals surface area contributed by atoms with E-state index in [-0.39, 0.29) is 12.3 Å². The van der Waals surface area contributed by atoms with Crippen LogP contribution in [0.3, 0.4) is 0 Å². The first-order chi connectivity index (χ1) is 9.56. The van der Waals surface area contributed by atoms with E-state index in [4.69, 9.17) is 5.73 Å². The number of carbonyl (C=O) groups excluding carboxylic acids is 1. The van der Waals surface area contributed by atoms with E-state index >= 15 is 0 Å². The molecular formula is C16H19N3O. The van der Waals surface area contributed by atoms with Gasteiger partial charge in [0.15, 0.2) is 0 Å². The quantitative estimate of drug-likeness (QED) is 0.838. The van der Waals surface area contributed by atoms with Crippen molar-refractivity contribution in [3.8, 4) is 0 Å². The van der Waals surface area contributed by atoms with E-state index in [0.717, 1.165) is 16.9 Å². The first-order valence-corrected chi connectivity index (χ1v) is 6.47. The molecule has 0 radical (unpaired) electrons. The summed E-state index contributed by atoms with van der Waals surface area (Å²) in [5, 5.41) is 2.89. The predicted molar refractivity (Wildman–Crippen MR) is 84.0 cm³/mol. The van der Waals surface area contributed by atoms with E-state index in [1.54, 1.807) is 6.07 Å². The number of hydrogen-bond donors (Lipinski definition) is 2. The van der Waals surface area contributed by atoms with Crippen LogP contribution in [0.5, 0.6) is 0 Å². The van der Waals surface area contributed by atoms with Crippen LogP contribution in [0.25, 0.3) is 0 Å². The second kappa shape index (κ2) is 6.10. The zero-order chi connectivity index (χ0) is 14.5. The first kappa shape index (κ1) is 13.9. The smallest absolute Gasteiger partial charge is 0.228 e. The van der Waals surface area contributed by atoms with Gasteiger partial charge in [-0.2, -0.15) is 0 Å². The standard InChI is InChI=1S/C16H19N3O/c1-19(2)14-8-5-7-13(11-14)18-16(20)10-12-6-3-4-9-15(12)17/h3-9,11H,10,17H2,1-2H3,(H,18,20). The third-order valence-electron chi connectivity index (χ3n) is 3.05. The molecule has 0 bridgehead atoms. The second-order valence-electron chi connectivity index (χ2n) is 4.87. The van der Waals surface area contributed by atoms with Crippen LogP contribution < -0.4 is 16.0 Å². The van der Waals surface area contributed by atoms with Gasteiger partial charge < -0.3 is 16.0 Å². The number of hydrogen-bond acceptors (Lipinski definition) is 3. The first-order valence-electron chi connectivity index (χ1n) is 6.47. The van der Waals surface area contributed by atoms with E-state index in [1.165, 1.54) is 0 Å². The van der Waals surface area contributed by atoms with Crippen molar-refractivity contribution in [1.82, 2.24) is 0 Å². The molecule has 2 aromatic carbocycles. The van der Waals surface area contributed by atoms with Crippen LogP contribution in [0.15, 0.2) is 48.5 Å². The molecule has 0 atom stereocenters. The van der Waals surface area contributed by atoms with Gasteiger partial charge in [0.05, 0.1) is 6.42 Å². The van der Waals surface area contributed by atoms with Crippen LogP contribution in [0.1, 0.15) is 5.56 Å². The highest BCUT2D eigenvalue weighted by Crippen LogP contribution is 2.18. The number of nitrogen functional groups attached to an aromatic ring is 1. The summed E-state index contributed by atoms with van der Waals surface area (Å²) in [5.41, 5.74) is 9.16. The highest BCUT2D eigenvalue weighted by molar-refractivity contribution is 5.93. The third kappa shape index (κ3) is 3.51. The van der Waals surface area contributed by atoms with Gasteiger partial charge in [-0.3, -0.25) is 4.79 Å². The van der Waals surface area contributed by atoms with Crippen LogP contribution in [-0.4, -0.2) is 20.0 Å². The van der Waals surface area contributed by atoms with Crippen LogP contribution >= 0.6 is 0 Å². The van der Waals surface area contributed by atoms with Crippen LogP contribution in [-0.2, 0) is 11.2 Å². The Balaban J connectivity index is 2.05. The van der Waals surface area contributed by atoms with E-state index < -0.39 is 0 Å². The van der Waals surface area contributed by atoms with E-state index in [2.05, 4.69) is 5.32 Å². The number of amides is 1. The maximum Gasteiger partial charge on any atom is 0.228 e. The third-order valence-corrected chi connectivity index (χ3v) is 3.05. The fraction of sp³-hybridized carbons (Fsp3) is 0.188. The van der Waals surface area contributed by atoms with Crippen molar-refractivity contribution >= 4 is 23.0 Å². The average Bonchev–Trinajstić information content (AvgIpc) is 2.41. The molecule has 104 valence electrons. The van der Waals surface area contributed by atoms with Crippen LogP contribution in [0.4, 0.5) is 17.1 Å². The predicted octanol–water partition coefficient (Wildman–Crippen LogP) is 2.52. The van der Waals surface area contributed by atoms with Crippen molar-refractivity contribution in [1.29, 1.82) is 0 Å². The molecule has 0 aliphatic carbocycles. The van der Waals surface area contributed by atoms with Crippen LogP contribution in [0.2, 0.25) is 0 Å². The minimum atomic E-state index is -0.0705. The minimum Gasteiger partial charge on any atom is -0.398 e. The molecule has 2 rings (SSSR count). The Bertz CT molecular complexity index is 608. The highest BCUT2D eigenvalue weighted by atomic mass is 16.1. The maximum absolute atomic E-state index is 12.0. The van der Waals surface area contributed by atoms with Crippen LogP contribution in [0, 0.1) is 0 Å². The Morgan fingerprint density at radius 3 is 2.60 bits per heavy atom. The highest BCUT2D eigenvalue weighted by Gasteiger charge is 2.07. The van der Waals surface area contributed by atoms with Crippen molar-refractivity contribution in [2.75, 3.05) is 30.0 Å². The molecule has 4 nitrogen and oxygen atoms in total. The summed E-state index contributed by atoms with van der Waals surface area (Å²) in [6, 6.07) is 15.1. The molecule has 0 fully saturated rings. The van der Waals surface area contributed by atoms with Crippen molar-refractivity contribution < 1.29 is 4.79 Å². The van der Waals surface area contributed by atoms with Crippen molar-refractivity contribution in [3.63, 3.8) is 0 Å².